The highest BCUT2D eigenvalue weighted by Crippen LogP contribution is 2.26. The van der Waals surface area contributed by atoms with E-state index in [4.69, 9.17) is 9.84 Å². The minimum atomic E-state index is -0.871. The quantitative estimate of drug-likeness (QED) is 0.690. The molecule has 1 amide bonds. The highest BCUT2D eigenvalue weighted by atomic mass is 32.2. The van der Waals surface area contributed by atoms with Gasteiger partial charge in [0.15, 0.2) is 0 Å². The van der Waals surface area contributed by atoms with E-state index in [1.165, 1.54) is 16.8 Å². The van der Waals surface area contributed by atoms with E-state index in [9.17, 15) is 9.59 Å². The molecule has 0 fully saturated rings. The third-order valence-electron chi connectivity index (χ3n) is 3.64. The molecule has 0 radical (unpaired) electrons. The highest BCUT2D eigenvalue weighted by Gasteiger charge is 2.19. The molecule has 0 bridgehead atoms. The number of carbonyl (C=O) groups is 2. The van der Waals surface area contributed by atoms with Crippen molar-refractivity contribution in [1.29, 1.82) is 0 Å². The molecular weight excluding hydrogens is 352 g/mol. The van der Waals surface area contributed by atoms with E-state index in [-0.39, 0.29) is 13.0 Å². The van der Waals surface area contributed by atoms with Crippen LogP contribution in [0.2, 0.25) is 0 Å². The normalized spacial score (nSPS) is 15.2. The Labute approximate surface area is 157 Å². The lowest BCUT2D eigenvalue weighted by molar-refractivity contribution is -0.136. The Morgan fingerprint density at radius 3 is 2.69 bits per heavy atom. The lowest BCUT2D eigenvalue weighted by atomic mass is 10.1. The van der Waals surface area contributed by atoms with Gasteiger partial charge in [0.1, 0.15) is 6.61 Å². The SMILES string of the molecule is CC(C)CCN(N=C1C=C(CC(=O)O)SC1)C(=O)OCc1ccccc1. The third-order valence-corrected chi connectivity index (χ3v) is 4.71. The molecular formula is C19H24N2O4S. The molecule has 0 atom stereocenters. The molecule has 0 saturated carbocycles. The highest BCUT2D eigenvalue weighted by molar-refractivity contribution is 8.04. The van der Waals surface area contributed by atoms with Crippen molar-refractivity contribution in [2.75, 3.05) is 12.3 Å². The molecule has 26 heavy (non-hydrogen) atoms. The Balaban J connectivity index is 2.02. The molecule has 1 aromatic rings. The minimum absolute atomic E-state index is 0.0197. The molecule has 0 spiro atoms. The molecule has 6 nitrogen and oxygen atoms in total. The molecule has 1 aromatic carbocycles. The Morgan fingerprint density at radius 1 is 1.31 bits per heavy atom. The van der Waals surface area contributed by atoms with Crippen LogP contribution >= 0.6 is 11.8 Å². The number of allylic oxidation sites excluding steroid dienone is 1. The van der Waals surface area contributed by atoms with Crippen LogP contribution < -0.4 is 0 Å². The van der Waals surface area contributed by atoms with Crippen molar-refractivity contribution in [2.24, 2.45) is 11.0 Å². The molecule has 1 aliphatic rings. The van der Waals surface area contributed by atoms with E-state index in [1.54, 1.807) is 6.08 Å². The fourth-order valence-corrected chi connectivity index (χ4v) is 3.18. The Kier molecular flexibility index (Phi) is 7.72. The van der Waals surface area contributed by atoms with Crippen LogP contribution in [0.25, 0.3) is 0 Å². The maximum Gasteiger partial charge on any atom is 0.430 e. The molecule has 0 saturated heterocycles. The second kappa shape index (κ2) is 10.0. The predicted molar refractivity (Wildman–Crippen MR) is 103 cm³/mol. The summed E-state index contributed by atoms with van der Waals surface area (Å²) >= 11 is 1.44. The second-order valence-electron chi connectivity index (χ2n) is 6.41. The Bertz CT molecular complexity index is 686. The number of benzene rings is 1. The molecule has 0 unspecified atom stereocenters. The van der Waals surface area contributed by atoms with Crippen LogP contribution in [-0.2, 0) is 16.1 Å². The van der Waals surface area contributed by atoms with Crippen molar-refractivity contribution in [2.45, 2.75) is 33.3 Å². The summed E-state index contributed by atoms with van der Waals surface area (Å²) in [4.78, 5) is 24.0. The van der Waals surface area contributed by atoms with Crippen LogP contribution in [0.4, 0.5) is 4.79 Å². The van der Waals surface area contributed by atoms with Gasteiger partial charge in [-0.15, -0.1) is 11.8 Å². The van der Waals surface area contributed by atoms with E-state index in [0.717, 1.165) is 16.9 Å². The van der Waals surface area contributed by atoms with Crippen molar-refractivity contribution in [1.82, 2.24) is 5.01 Å². The monoisotopic (exact) mass is 376 g/mol. The summed E-state index contributed by atoms with van der Waals surface area (Å²) in [6, 6.07) is 9.48. The van der Waals surface area contributed by atoms with Gasteiger partial charge in [-0.2, -0.15) is 10.1 Å². The summed E-state index contributed by atoms with van der Waals surface area (Å²) in [5.74, 6) is 0.117. The van der Waals surface area contributed by atoms with E-state index in [2.05, 4.69) is 18.9 Å². The van der Waals surface area contributed by atoms with Crippen molar-refractivity contribution in [3.8, 4) is 0 Å². The van der Waals surface area contributed by atoms with Crippen LogP contribution in [0.1, 0.15) is 32.3 Å². The molecule has 7 heteroatoms. The number of hydrogen-bond donors (Lipinski definition) is 1. The number of nitrogens with zero attached hydrogens (tertiary/aromatic N) is 2. The number of rotatable bonds is 8. The van der Waals surface area contributed by atoms with Gasteiger partial charge in [-0.05, 0) is 28.9 Å². The number of hydrazone groups is 1. The Morgan fingerprint density at radius 2 is 2.04 bits per heavy atom. The molecule has 0 aromatic heterocycles. The zero-order valence-electron chi connectivity index (χ0n) is 15.1. The first-order valence-corrected chi connectivity index (χ1v) is 9.53. The topological polar surface area (TPSA) is 79.2 Å². The van der Waals surface area contributed by atoms with E-state index >= 15 is 0 Å². The summed E-state index contributed by atoms with van der Waals surface area (Å²) in [5, 5.41) is 14.6. The van der Waals surface area contributed by atoms with Crippen LogP contribution in [0.15, 0.2) is 46.4 Å². The Hall–Kier alpha value is -2.28. The summed E-state index contributed by atoms with van der Waals surface area (Å²) in [6.07, 6.45) is 2.03. The first kappa shape index (κ1) is 20.0. The smallest absolute Gasteiger partial charge is 0.430 e. The first-order valence-electron chi connectivity index (χ1n) is 8.55. The summed E-state index contributed by atoms with van der Waals surface area (Å²) < 4.78 is 5.38. The molecule has 0 aliphatic carbocycles. The van der Waals surface area contributed by atoms with Crippen molar-refractivity contribution >= 4 is 29.5 Å². The van der Waals surface area contributed by atoms with Gasteiger partial charge < -0.3 is 9.84 Å². The molecule has 2 rings (SSSR count). The van der Waals surface area contributed by atoms with Crippen molar-refractivity contribution in [3.63, 3.8) is 0 Å². The van der Waals surface area contributed by atoms with Gasteiger partial charge in [-0.25, -0.2) is 4.79 Å². The van der Waals surface area contributed by atoms with Crippen molar-refractivity contribution in [3.05, 3.63) is 46.9 Å². The van der Waals surface area contributed by atoms with Crippen molar-refractivity contribution < 1.29 is 19.4 Å². The maximum absolute atomic E-state index is 12.5. The van der Waals surface area contributed by atoms with Crippen LogP contribution in [0.5, 0.6) is 0 Å². The zero-order valence-corrected chi connectivity index (χ0v) is 15.9. The number of carboxylic acid groups (broad SMARTS) is 1. The van der Waals surface area contributed by atoms with Gasteiger partial charge in [-0.1, -0.05) is 44.2 Å². The van der Waals surface area contributed by atoms with Gasteiger partial charge in [0, 0.05) is 12.3 Å². The summed E-state index contributed by atoms with van der Waals surface area (Å²) in [5.41, 5.74) is 1.60. The number of hydrogen-bond acceptors (Lipinski definition) is 5. The number of amides is 1. The van der Waals surface area contributed by atoms with Crippen LogP contribution in [0.3, 0.4) is 0 Å². The summed E-state index contributed by atoms with van der Waals surface area (Å²) in [6.45, 7) is 4.81. The average Bonchev–Trinajstić information content (AvgIpc) is 3.03. The zero-order chi connectivity index (χ0) is 18.9. The minimum Gasteiger partial charge on any atom is -0.481 e. The number of ether oxygens (including phenoxy) is 1. The molecule has 1 N–H and O–H groups in total. The summed E-state index contributed by atoms with van der Waals surface area (Å²) in [7, 11) is 0. The average molecular weight is 376 g/mol. The first-order chi connectivity index (χ1) is 12.4. The standard InChI is InChI=1S/C19H24N2O4S/c1-14(2)8-9-21(19(24)25-12-15-6-4-3-5-7-15)20-16-10-17(26-13-16)11-18(22)23/h3-7,10,14H,8-9,11-13H2,1-2H3,(H,22,23). The van der Waals surface area contributed by atoms with Crippen LogP contribution in [0, 0.1) is 5.92 Å². The fraction of sp³-hybridized carbons (Fsp3) is 0.421. The van der Waals surface area contributed by atoms with E-state index in [0.29, 0.717) is 23.9 Å². The number of carboxylic acids is 1. The van der Waals surface area contributed by atoms with E-state index in [1.807, 2.05) is 30.3 Å². The number of aliphatic carboxylic acids is 1. The van der Waals surface area contributed by atoms with Gasteiger partial charge >= 0.3 is 12.1 Å². The molecule has 1 heterocycles. The lowest BCUT2D eigenvalue weighted by Gasteiger charge is -2.18. The lowest BCUT2D eigenvalue weighted by Crippen LogP contribution is -2.29. The van der Waals surface area contributed by atoms with Crippen LogP contribution in [-0.4, -0.2) is 40.2 Å². The molecule has 140 valence electrons. The van der Waals surface area contributed by atoms with Gasteiger partial charge in [0.2, 0.25) is 0 Å². The van der Waals surface area contributed by atoms with Gasteiger partial charge in [0.05, 0.1) is 12.1 Å². The number of thioether (sulfide) groups is 1. The van der Waals surface area contributed by atoms with Gasteiger partial charge in [0.25, 0.3) is 0 Å². The largest absolute Gasteiger partial charge is 0.481 e. The second-order valence-corrected chi connectivity index (χ2v) is 7.51. The fourth-order valence-electron chi connectivity index (χ4n) is 2.26. The number of carbonyl (C=O) groups excluding carboxylic acids is 1. The van der Waals surface area contributed by atoms with E-state index < -0.39 is 12.1 Å². The third kappa shape index (κ3) is 6.92. The predicted octanol–water partition coefficient (Wildman–Crippen LogP) is 4.13. The molecule has 1 aliphatic heterocycles. The maximum atomic E-state index is 12.5. The van der Waals surface area contributed by atoms with Gasteiger partial charge in [-0.3, -0.25) is 4.79 Å².